The first-order valence-electron chi connectivity index (χ1n) is 6.50. The largest absolute Gasteiger partial charge is 0.364 e. The van der Waals surface area contributed by atoms with Gasteiger partial charge in [0.15, 0.2) is 0 Å². The first-order chi connectivity index (χ1) is 8.54. The monoisotopic (exact) mass is 252 g/mol. The van der Waals surface area contributed by atoms with Crippen molar-refractivity contribution in [2.45, 2.75) is 40.2 Å². The molecule has 6 heteroatoms. The minimum absolute atomic E-state index is 0.111. The Morgan fingerprint density at radius 3 is 2.78 bits per heavy atom. The third-order valence-corrected chi connectivity index (χ3v) is 3.60. The van der Waals surface area contributed by atoms with Gasteiger partial charge in [0.1, 0.15) is 5.69 Å². The van der Waals surface area contributed by atoms with Crippen molar-refractivity contribution in [3.05, 3.63) is 15.8 Å². The molecule has 1 aromatic rings. The number of nitro groups is 1. The van der Waals surface area contributed by atoms with Crippen LogP contribution < -0.4 is 5.32 Å². The van der Waals surface area contributed by atoms with E-state index in [1.54, 1.807) is 11.6 Å². The SMILES string of the molecule is CCn1nc(C)c([N+](=O)[O-])c1NCC(C)C1CC1. The molecular weight excluding hydrogens is 232 g/mol. The maximum absolute atomic E-state index is 11.1. The summed E-state index contributed by atoms with van der Waals surface area (Å²) < 4.78 is 1.67. The summed E-state index contributed by atoms with van der Waals surface area (Å²) in [5, 5.41) is 18.5. The van der Waals surface area contributed by atoms with Crippen LogP contribution in [0.5, 0.6) is 0 Å². The molecule has 1 unspecified atom stereocenters. The third-order valence-electron chi connectivity index (χ3n) is 3.60. The van der Waals surface area contributed by atoms with Crippen LogP contribution >= 0.6 is 0 Å². The third kappa shape index (κ3) is 2.47. The fourth-order valence-corrected chi connectivity index (χ4v) is 2.28. The average Bonchev–Trinajstić information content (AvgIpc) is 3.10. The zero-order valence-corrected chi connectivity index (χ0v) is 11.1. The summed E-state index contributed by atoms with van der Waals surface area (Å²) in [6, 6.07) is 0. The molecule has 1 aliphatic rings. The van der Waals surface area contributed by atoms with E-state index in [9.17, 15) is 10.1 Å². The first kappa shape index (κ1) is 12.9. The summed E-state index contributed by atoms with van der Waals surface area (Å²) in [4.78, 5) is 10.7. The Bertz CT molecular complexity index is 451. The van der Waals surface area contributed by atoms with Gasteiger partial charge in [-0.15, -0.1) is 0 Å². The zero-order chi connectivity index (χ0) is 13.3. The highest BCUT2D eigenvalue weighted by Crippen LogP contribution is 2.37. The number of aryl methyl sites for hydroxylation is 2. The quantitative estimate of drug-likeness (QED) is 0.623. The molecular formula is C12H20N4O2. The van der Waals surface area contributed by atoms with Crippen molar-refractivity contribution in [1.29, 1.82) is 0 Å². The van der Waals surface area contributed by atoms with Crippen LogP contribution in [0.1, 0.15) is 32.4 Å². The number of hydrogen-bond acceptors (Lipinski definition) is 4. The fraction of sp³-hybridized carbons (Fsp3) is 0.750. The number of nitrogens with one attached hydrogen (secondary N) is 1. The molecule has 0 spiro atoms. The van der Waals surface area contributed by atoms with E-state index < -0.39 is 0 Å². The lowest BCUT2D eigenvalue weighted by Gasteiger charge is -2.12. The van der Waals surface area contributed by atoms with E-state index in [1.807, 2.05) is 6.92 Å². The minimum atomic E-state index is -0.349. The van der Waals surface area contributed by atoms with E-state index in [4.69, 9.17) is 0 Å². The predicted molar refractivity (Wildman–Crippen MR) is 69.7 cm³/mol. The molecule has 1 aromatic heterocycles. The molecule has 1 saturated carbocycles. The summed E-state index contributed by atoms with van der Waals surface area (Å²) in [6.45, 7) is 7.22. The molecule has 100 valence electrons. The maximum Gasteiger partial charge on any atom is 0.333 e. The first-order valence-corrected chi connectivity index (χ1v) is 6.50. The van der Waals surface area contributed by atoms with Gasteiger partial charge in [0.05, 0.1) is 4.92 Å². The Balaban J connectivity index is 2.15. The summed E-state index contributed by atoms with van der Waals surface area (Å²) in [6.07, 6.45) is 2.58. The van der Waals surface area contributed by atoms with Crippen molar-refractivity contribution in [2.75, 3.05) is 11.9 Å². The molecule has 0 aromatic carbocycles. The highest BCUT2D eigenvalue weighted by atomic mass is 16.6. The van der Waals surface area contributed by atoms with Crippen molar-refractivity contribution in [1.82, 2.24) is 9.78 Å². The minimum Gasteiger partial charge on any atom is -0.364 e. The van der Waals surface area contributed by atoms with Gasteiger partial charge in [-0.2, -0.15) is 5.10 Å². The smallest absolute Gasteiger partial charge is 0.333 e. The maximum atomic E-state index is 11.1. The molecule has 2 rings (SSSR count). The molecule has 1 fully saturated rings. The summed E-state index contributed by atoms with van der Waals surface area (Å²) >= 11 is 0. The average molecular weight is 252 g/mol. The second kappa shape index (κ2) is 4.96. The second-order valence-corrected chi connectivity index (χ2v) is 5.05. The zero-order valence-electron chi connectivity index (χ0n) is 11.1. The van der Waals surface area contributed by atoms with E-state index >= 15 is 0 Å². The van der Waals surface area contributed by atoms with Gasteiger partial charge in [0.25, 0.3) is 0 Å². The number of nitrogens with zero attached hydrogens (tertiary/aromatic N) is 3. The number of hydrogen-bond donors (Lipinski definition) is 1. The van der Waals surface area contributed by atoms with Gasteiger partial charge in [-0.3, -0.25) is 10.1 Å². The number of anilines is 1. The molecule has 1 heterocycles. The molecule has 1 atom stereocenters. The standard InChI is InChI=1S/C12H20N4O2/c1-4-15-12(11(16(17)18)9(3)14-15)13-7-8(2)10-5-6-10/h8,10,13H,4-7H2,1-3H3. The van der Waals surface area contributed by atoms with E-state index in [0.29, 0.717) is 24.0 Å². The molecule has 1 N–H and O–H groups in total. The van der Waals surface area contributed by atoms with Crippen molar-refractivity contribution in [3.8, 4) is 0 Å². The van der Waals surface area contributed by atoms with Crippen LogP contribution in [-0.2, 0) is 6.54 Å². The molecule has 0 amide bonds. The van der Waals surface area contributed by atoms with Gasteiger partial charge in [-0.1, -0.05) is 6.92 Å². The fourth-order valence-electron chi connectivity index (χ4n) is 2.28. The van der Waals surface area contributed by atoms with Gasteiger partial charge in [-0.25, -0.2) is 4.68 Å². The van der Waals surface area contributed by atoms with Crippen molar-refractivity contribution >= 4 is 11.5 Å². The van der Waals surface area contributed by atoms with Gasteiger partial charge in [0, 0.05) is 13.1 Å². The predicted octanol–water partition coefficient (Wildman–Crippen LogP) is 2.58. The Kier molecular flexibility index (Phi) is 3.54. The van der Waals surface area contributed by atoms with Gasteiger partial charge < -0.3 is 5.32 Å². The highest BCUT2D eigenvalue weighted by Gasteiger charge is 2.29. The Morgan fingerprint density at radius 1 is 1.61 bits per heavy atom. The Labute approximate surface area is 107 Å². The van der Waals surface area contributed by atoms with Gasteiger partial charge >= 0.3 is 5.69 Å². The molecule has 0 saturated heterocycles. The molecule has 18 heavy (non-hydrogen) atoms. The van der Waals surface area contributed by atoms with Crippen LogP contribution in [0.2, 0.25) is 0 Å². The van der Waals surface area contributed by atoms with Crippen LogP contribution in [-0.4, -0.2) is 21.2 Å². The van der Waals surface area contributed by atoms with Crippen LogP contribution in [0.15, 0.2) is 0 Å². The van der Waals surface area contributed by atoms with E-state index in [2.05, 4.69) is 17.3 Å². The van der Waals surface area contributed by atoms with Crippen molar-refractivity contribution in [3.63, 3.8) is 0 Å². The van der Waals surface area contributed by atoms with E-state index in [1.165, 1.54) is 12.8 Å². The van der Waals surface area contributed by atoms with Crippen LogP contribution in [0.25, 0.3) is 0 Å². The molecule has 0 bridgehead atoms. The normalized spacial score (nSPS) is 16.6. The Morgan fingerprint density at radius 2 is 2.28 bits per heavy atom. The van der Waals surface area contributed by atoms with E-state index in [0.717, 1.165) is 12.5 Å². The van der Waals surface area contributed by atoms with Gasteiger partial charge in [-0.05, 0) is 38.5 Å². The highest BCUT2D eigenvalue weighted by molar-refractivity contribution is 5.59. The number of aromatic nitrogens is 2. The van der Waals surface area contributed by atoms with E-state index in [-0.39, 0.29) is 10.6 Å². The molecule has 1 aliphatic carbocycles. The molecule has 0 aliphatic heterocycles. The van der Waals surface area contributed by atoms with Crippen molar-refractivity contribution in [2.24, 2.45) is 11.8 Å². The van der Waals surface area contributed by atoms with Gasteiger partial charge in [0.2, 0.25) is 5.82 Å². The summed E-state index contributed by atoms with van der Waals surface area (Å²) in [5.41, 5.74) is 0.586. The Hall–Kier alpha value is -1.59. The lowest BCUT2D eigenvalue weighted by Crippen LogP contribution is -2.16. The van der Waals surface area contributed by atoms with Crippen LogP contribution in [0, 0.1) is 28.9 Å². The topological polar surface area (TPSA) is 73.0 Å². The summed E-state index contributed by atoms with van der Waals surface area (Å²) in [7, 11) is 0. The number of rotatable bonds is 6. The van der Waals surface area contributed by atoms with Crippen molar-refractivity contribution < 1.29 is 4.92 Å². The van der Waals surface area contributed by atoms with Crippen LogP contribution in [0.3, 0.4) is 0 Å². The molecule has 0 radical (unpaired) electrons. The summed E-state index contributed by atoms with van der Waals surface area (Å²) in [5.74, 6) is 1.90. The lowest BCUT2D eigenvalue weighted by molar-refractivity contribution is -0.384. The van der Waals surface area contributed by atoms with Crippen LogP contribution in [0.4, 0.5) is 11.5 Å². The molecule has 6 nitrogen and oxygen atoms in total. The lowest BCUT2D eigenvalue weighted by atomic mass is 10.1. The second-order valence-electron chi connectivity index (χ2n) is 5.05.